The first-order valence-corrected chi connectivity index (χ1v) is 7.83. The van der Waals surface area contributed by atoms with Crippen LogP contribution < -0.4 is 14.4 Å². The highest BCUT2D eigenvalue weighted by atomic mass is 127. The first-order chi connectivity index (χ1) is 8.99. The Bertz CT molecular complexity index is 640. The molecule has 0 aromatic carbocycles. The summed E-state index contributed by atoms with van der Waals surface area (Å²) in [6.07, 6.45) is 0.202. The van der Waals surface area contributed by atoms with Gasteiger partial charge in [0.2, 0.25) is 5.95 Å². The van der Waals surface area contributed by atoms with Crippen LogP contribution in [0.3, 0.4) is 0 Å². The van der Waals surface area contributed by atoms with Crippen molar-refractivity contribution in [1.82, 2.24) is 9.97 Å². The zero-order valence-electron chi connectivity index (χ0n) is 10.3. The number of nitrogen functional groups attached to an aromatic ring is 1. The lowest BCUT2D eigenvalue weighted by atomic mass is 10.0. The van der Waals surface area contributed by atoms with E-state index >= 15 is 0 Å². The van der Waals surface area contributed by atoms with Crippen LogP contribution in [0.5, 0.6) is 0 Å². The van der Waals surface area contributed by atoms with Crippen LogP contribution in [-0.4, -0.2) is 27.2 Å². The van der Waals surface area contributed by atoms with Crippen molar-refractivity contribution in [2.75, 3.05) is 8.85 Å². The number of nitrogens with zero attached hydrogens (tertiary/aromatic N) is 3. The minimum Gasteiger partial charge on any atom is -0.392 e. The van der Waals surface area contributed by atoms with Gasteiger partial charge in [-0.25, -0.2) is 0 Å². The minimum atomic E-state index is -0.714. The highest BCUT2D eigenvalue weighted by Crippen LogP contribution is 2.45. The molecule has 1 aliphatic carbocycles. The van der Waals surface area contributed by atoms with Crippen molar-refractivity contribution < 1.29 is 5.11 Å². The number of nitrogens with one attached hydrogen (secondary N) is 1. The van der Waals surface area contributed by atoms with E-state index in [2.05, 4.69) is 19.7 Å². The molecular weight excluding hydrogens is 361 g/mol. The van der Waals surface area contributed by atoms with Gasteiger partial charge in [-0.05, 0) is 12.0 Å². The average molecular weight is 375 g/mol. The molecule has 1 aromatic heterocycles. The van der Waals surface area contributed by atoms with Crippen LogP contribution in [-0.2, 0) is 0 Å². The van der Waals surface area contributed by atoms with Gasteiger partial charge >= 0.3 is 0 Å². The molecule has 7 nitrogen and oxygen atoms in total. The lowest BCUT2D eigenvalue weighted by Crippen LogP contribution is -2.27. The number of aliphatic hydroxyl groups excluding tert-OH is 1. The standard InChI is InChI=1S/C11H14IN5O2/c1-4-5(2)7(18)3-6(4)17-9-8(16-12-17)10(19)15-11(13)14-9/h5-7,18H,1,3H2,2H3,(H3,13,14,15,19)/t5-,6-,7-/m0/s1. The first-order valence-electron chi connectivity index (χ1n) is 5.90. The smallest absolute Gasteiger partial charge is 0.280 e. The number of halogens is 1. The summed E-state index contributed by atoms with van der Waals surface area (Å²) < 4.78 is 6.30. The maximum absolute atomic E-state index is 11.8. The highest BCUT2D eigenvalue weighted by molar-refractivity contribution is 14.2. The Morgan fingerprint density at radius 3 is 3.00 bits per heavy atom. The van der Waals surface area contributed by atoms with Crippen molar-refractivity contribution in [3.05, 3.63) is 22.5 Å². The molecule has 1 saturated carbocycles. The molecule has 0 saturated heterocycles. The Labute approximate surface area is 120 Å². The van der Waals surface area contributed by atoms with E-state index in [9.17, 15) is 9.90 Å². The van der Waals surface area contributed by atoms with Gasteiger partial charge in [-0.1, -0.05) is 13.5 Å². The monoisotopic (exact) mass is 375 g/mol. The number of hydrogen-bond acceptors (Lipinski definition) is 6. The molecule has 4 N–H and O–H groups in total. The molecular formula is C11H14IN5O2. The number of aromatic nitrogens is 2. The van der Waals surface area contributed by atoms with Crippen molar-refractivity contribution in [3.63, 3.8) is 0 Å². The SMILES string of the molecule is C=C1[C@H](C)[C@@H](O)C[C@@H]1N1I=Nc2c1nc(N)[nH]c2=O. The number of aromatic amines is 1. The molecule has 3 rings (SSSR count). The van der Waals surface area contributed by atoms with Crippen LogP contribution in [0.25, 0.3) is 0 Å². The lowest BCUT2D eigenvalue weighted by molar-refractivity contribution is 0.148. The van der Waals surface area contributed by atoms with Gasteiger partial charge in [0.25, 0.3) is 5.56 Å². The third-order valence-corrected chi connectivity index (χ3v) is 5.92. The second-order valence-corrected chi connectivity index (χ2v) is 6.73. The second kappa shape index (κ2) is 4.37. The summed E-state index contributed by atoms with van der Waals surface area (Å²) in [7, 11) is 0. The van der Waals surface area contributed by atoms with E-state index in [1.54, 1.807) is 0 Å². The summed E-state index contributed by atoms with van der Waals surface area (Å²) in [4.78, 5) is 18.4. The largest absolute Gasteiger partial charge is 0.392 e. The maximum atomic E-state index is 11.8. The molecule has 1 fully saturated rings. The summed E-state index contributed by atoms with van der Waals surface area (Å²) in [5, 5.41) is 9.94. The zero-order valence-corrected chi connectivity index (χ0v) is 12.5. The van der Waals surface area contributed by atoms with E-state index in [-0.39, 0.29) is 23.5 Å². The number of fused-ring (bicyclic) bond motifs is 1. The summed E-state index contributed by atoms with van der Waals surface area (Å²) in [6, 6.07) is -0.00324. The third-order valence-electron chi connectivity index (χ3n) is 3.63. The van der Waals surface area contributed by atoms with Crippen LogP contribution >= 0.6 is 21.3 Å². The van der Waals surface area contributed by atoms with Crippen molar-refractivity contribution in [3.8, 4) is 0 Å². The average Bonchev–Trinajstić information content (AvgIpc) is 2.86. The predicted octanol–water partition coefficient (Wildman–Crippen LogP) is 1.20. The molecule has 2 aliphatic rings. The van der Waals surface area contributed by atoms with E-state index in [0.29, 0.717) is 17.9 Å². The van der Waals surface area contributed by atoms with Gasteiger partial charge in [0.05, 0.1) is 12.1 Å². The summed E-state index contributed by atoms with van der Waals surface area (Å²) in [6.45, 7) is 6.02. The van der Waals surface area contributed by atoms with Crippen molar-refractivity contribution >= 4 is 38.8 Å². The van der Waals surface area contributed by atoms with E-state index in [0.717, 1.165) is 5.57 Å². The third kappa shape index (κ3) is 1.89. The number of hydrogen-bond donors (Lipinski definition) is 3. The molecule has 0 radical (unpaired) electrons. The Kier molecular flexibility index (Phi) is 2.93. The zero-order chi connectivity index (χ0) is 13.7. The van der Waals surface area contributed by atoms with Gasteiger partial charge < -0.3 is 10.8 Å². The van der Waals surface area contributed by atoms with Gasteiger partial charge in [0.15, 0.2) is 11.5 Å². The van der Waals surface area contributed by atoms with E-state index in [4.69, 9.17) is 5.73 Å². The topological polar surface area (TPSA) is 108 Å². The Morgan fingerprint density at radius 1 is 1.63 bits per heavy atom. The normalized spacial score (nSPS) is 29.5. The second-order valence-electron chi connectivity index (χ2n) is 4.78. The highest BCUT2D eigenvalue weighted by Gasteiger charge is 2.40. The van der Waals surface area contributed by atoms with Gasteiger partial charge in [-0.2, -0.15) is 8.13 Å². The molecule has 0 bridgehead atoms. The fraction of sp³-hybridized carbons (Fsp3) is 0.455. The van der Waals surface area contributed by atoms with E-state index in [1.165, 1.54) is 0 Å². The van der Waals surface area contributed by atoms with E-state index < -0.39 is 27.4 Å². The van der Waals surface area contributed by atoms with Gasteiger partial charge in [0, 0.05) is 5.92 Å². The first kappa shape index (κ1) is 12.7. The van der Waals surface area contributed by atoms with Crippen molar-refractivity contribution in [1.29, 1.82) is 0 Å². The van der Waals surface area contributed by atoms with Crippen molar-refractivity contribution in [2.45, 2.75) is 25.5 Å². The number of rotatable bonds is 1. The summed E-state index contributed by atoms with van der Waals surface area (Å²) in [5.41, 5.74) is 6.60. The number of H-pyrrole nitrogens is 1. The van der Waals surface area contributed by atoms with Crippen LogP contribution in [0.4, 0.5) is 17.5 Å². The summed E-state index contributed by atoms with van der Waals surface area (Å²) >= 11 is -0.714. The van der Waals surface area contributed by atoms with Gasteiger partial charge in [-0.15, -0.1) is 0 Å². The number of nitrogens with two attached hydrogens (primary N) is 1. The Morgan fingerprint density at radius 2 is 2.37 bits per heavy atom. The molecule has 19 heavy (non-hydrogen) atoms. The minimum absolute atomic E-state index is 0.00324. The van der Waals surface area contributed by atoms with E-state index in [1.807, 2.05) is 10.0 Å². The Balaban J connectivity index is 2.02. The lowest BCUT2D eigenvalue weighted by Gasteiger charge is -2.22. The molecule has 0 unspecified atom stereocenters. The molecule has 1 aliphatic heterocycles. The molecule has 2 heterocycles. The molecule has 1 aromatic rings. The molecule has 8 heteroatoms. The van der Waals surface area contributed by atoms with Gasteiger partial charge in [-0.3, -0.25) is 12.9 Å². The summed E-state index contributed by atoms with van der Waals surface area (Å²) in [5.74, 6) is 0.672. The quantitative estimate of drug-likeness (QED) is 0.388. The number of anilines is 2. The van der Waals surface area contributed by atoms with Gasteiger partial charge in [0.1, 0.15) is 21.3 Å². The Hall–Kier alpha value is -1.29. The molecule has 0 spiro atoms. The van der Waals surface area contributed by atoms with Crippen LogP contribution in [0.15, 0.2) is 20.1 Å². The van der Waals surface area contributed by atoms with Crippen molar-refractivity contribution in [2.24, 2.45) is 9.06 Å². The van der Waals surface area contributed by atoms with Crippen LogP contribution in [0.2, 0.25) is 0 Å². The maximum Gasteiger partial charge on any atom is 0.280 e. The molecule has 102 valence electrons. The molecule has 0 amide bonds. The molecule has 3 atom stereocenters. The van der Waals surface area contributed by atoms with Crippen LogP contribution in [0.1, 0.15) is 13.3 Å². The van der Waals surface area contributed by atoms with Crippen LogP contribution in [0, 0.1) is 5.92 Å². The fourth-order valence-corrected chi connectivity index (χ4v) is 4.69. The number of aliphatic hydroxyl groups is 1. The fourth-order valence-electron chi connectivity index (χ4n) is 2.38. The predicted molar refractivity (Wildman–Crippen MR) is 80.6 cm³/mol.